The number of ether oxygens (including phenoxy) is 1. The molecule has 0 amide bonds. The van der Waals surface area contributed by atoms with Crippen LogP contribution in [0.15, 0.2) is 53.1 Å². The van der Waals surface area contributed by atoms with E-state index in [0.717, 1.165) is 56.7 Å². The lowest BCUT2D eigenvalue weighted by molar-refractivity contribution is -0.0150. The van der Waals surface area contributed by atoms with E-state index < -0.39 is 0 Å². The molecule has 0 saturated carbocycles. The molecule has 0 radical (unpaired) electrons. The Morgan fingerprint density at radius 2 is 1.74 bits per heavy atom. The summed E-state index contributed by atoms with van der Waals surface area (Å²) in [7, 11) is 1.72. The maximum Gasteiger partial charge on any atom is 0.231 e. The van der Waals surface area contributed by atoms with E-state index in [1.54, 1.807) is 7.11 Å². The molecular formula is C25H30N4O2. The van der Waals surface area contributed by atoms with Crippen molar-refractivity contribution in [2.45, 2.75) is 32.9 Å². The van der Waals surface area contributed by atoms with Crippen molar-refractivity contribution in [2.24, 2.45) is 5.41 Å². The first kappa shape index (κ1) is 20.2. The van der Waals surface area contributed by atoms with Crippen LogP contribution in [0.25, 0.3) is 0 Å². The van der Waals surface area contributed by atoms with Crippen LogP contribution in [0.3, 0.4) is 0 Å². The summed E-state index contributed by atoms with van der Waals surface area (Å²) in [5.74, 6) is 2.75. The van der Waals surface area contributed by atoms with Gasteiger partial charge in [-0.15, -0.1) is 0 Å². The second-order valence-electron chi connectivity index (χ2n) is 9.20. The molecule has 1 aromatic heterocycles. The maximum absolute atomic E-state index is 5.65. The number of rotatable bonds is 6. The quantitative estimate of drug-likeness (QED) is 0.607. The van der Waals surface area contributed by atoms with Crippen LogP contribution in [0.5, 0.6) is 5.75 Å². The van der Waals surface area contributed by atoms with Crippen molar-refractivity contribution in [3.05, 3.63) is 76.9 Å². The van der Waals surface area contributed by atoms with Gasteiger partial charge in [0.2, 0.25) is 5.89 Å². The zero-order valence-electron chi connectivity index (χ0n) is 18.5. The Hall–Kier alpha value is -2.70. The van der Waals surface area contributed by atoms with E-state index in [-0.39, 0.29) is 11.3 Å². The minimum Gasteiger partial charge on any atom is -0.496 e. The number of likely N-dealkylation sites (tertiary alicyclic amines) is 2. The Labute approximate surface area is 183 Å². The zero-order valence-corrected chi connectivity index (χ0v) is 18.5. The van der Waals surface area contributed by atoms with E-state index in [0.29, 0.717) is 0 Å². The van der Waals surface area contributed by atoms with Gasteiger partial charge in [-0.2, -0.15) is 4.98 Å². The van der Waals surface area contributed by atoms with Crippen molar-refractivity contribution < 1.29 is 9.26 Å². The van der Waals surface area contributed by atoms with Crippen LogP contribution in [0.1, 0.15) is 34.3 Å². The Morgan fingerprint density at radius 3 is 2.42 bits per heavy atom. The van der Waals surface area contributed by atoms with Gasteiger partial charge in [0.25, 0.3) is 0 Å². The van der Waals surface area contributed by atoms with Gasteiger partial charge in [0.15, 0.2) is 5.82 Å². The Morgan fingerprint density at radius 1 is 1.00 bits per heavy atom. The first-order chi connectivity index (χ1) is 15.0. The van der Waals surface area contributed by atoms with E-state index >= 15 is 0 Å². The van der Waals surface area contributed by atoms with Crippen molar-refractivity contribution in [1.29, 1.82) is 0 Å². The molecular weight excluding hydrogens is 388 g/mol. The highest BCUT2D eigenvalue weighted by Gasteiger charge is 2.56. The highest BCUT2D eigenvalue weighted by Crippen LogP contribution is 2.49. The number of aromatic nitrogens is 2. The lowest BCUT2D eigenvalue weighted by atomic mass is 9.71. The fourth-order valence-electron chi connectivity index (χ4n) is 5.40. The van der Waals surface area contributed by atoms with Crippen LogP contribution in [-0.4, -0.2) is 53.2 Å². The van der Waals surface area contributed by atoms with Crippen LogP contribution in [0.4, 0.5) is 0 Å². The lowest BCUT2D eigenvalue weighted by Crippen LogP contribution is -2.59. The van der Waals surface area contributed by atoms with Gasteiger partial charge >= 0.3 is 0 Å². The number of hydrogen-bond donors (Lipinski definition) is 0. The summed E-state index contributed by atoms with van der Waals surface area (Å²) >= 11 is 0. The standard InChI is InChI=1S/C25H30N4O2/c1-18-11-21(9-10-23(18)30-3)13-29-16-25(17-29)15-28(12-20-7-5-4-6-8-20)14-22(25)24-26-19(2)27-31-24/h4-11,22H,12-17H2,1-3H3. The smallest absolute Gasteiger partial charge is 0.231 e. The van der Waals surface area contributed by atoms with Crippen LogP contribution < -0.4 is 4.74 Å². The van der Waals surface area contributed by atoms with Crippen LogP contribution in [0, 0.1) is 19.3 Å². The third kappa shape index (κ3) is 3.98. The second kappa shape index (κ2) is 8.09. The average molecular weight is 419 g/mol. The van der Waals surface area contributed by atoms with Gasteiger partial charge < -0.3 is 9.26 Å². The molecule has 1 unspecified atom stereocenters. The van der Waals surface area contributed by atoms with E-state index in [2.05, 4.69) is 75.4 Å². The number of benzene rings is 2. The number of nitrogens with zero attached hydrogens (tertiary/aromatic N) is 4. The maximum atomic E-state index is 5.65. The molecule has 162 valence electrons. The Kier molecular flexibility index (Phi) is 5.28. The second-order valence-corrected chi connectivity index (χ2v) is 9.20. The molecule has 2 aliphatic rings. The third-order valence-electron chi connectivity index (χ3n) is 6.75. The lowest BCUT2D eigenvalue weighted by Gasteiger charge is -2.50. The zero-order chi connectivity index (χ0) is 21.4. The molecule has 2 aromatic carbocycles. The van der Waals surface area contributed by atoms with Gasteiger partial charge in [-0.05, 0) is 36.6 Å². The van der Waals surface area contributed by atoms with Crippen LogP contribution in [-0.2, 0) is 13.1 Å². The van der Waals surface area contributed by atoms with E-state index in [4.69, 9.17) is 9.26 Å². The molecule has 1 atom stereocenters. The first-order valence-electron chi connectivity index (χ1n) is 11.0. The van der Waals surface area contributed by atoms with E-state index in [1.165, 1.54) is 16.7 Å². The molecule has 3 heterocycles. The Bertz CT molecular complexity index is 1040. The van der Waals surface area contributed by atoms with Gasteiger partial charge in [-0.25, -0.2) is 0 Å². The van der Waals surface area contributed by atoms with Crippen molar-refractivity contribution in [2.75, 3.05) is 33.3 Å². The van der Waals surface area contributed by atoms with Crippen molar-refractivity contribution >= 4 is 0 Å². The molecule has 5 rings (SSSR count). The molecule has 3 aromatic rings. The Balaban J connectivity index is 1.31. The number of aryl methyl sites for hydroxylation is 2. The minimum absolute atomic E-state index is 0.176. The highest BCUT2D eigenvalue weighted by molar-refractivity contribution is 5.36. The number of methoxy groups -OCH3 is 1. The van der Waals surface area contributed by atoms with Crippen LogP contribution >= 0.6 is 0 Å². The first-order valence-corrected chi connectivity index (χ1v) is 11.0. The SMILES string of the molecule is COc1ccc(CN2CC3(CN(Cc4ccccc4)CC3c3nc(C)no3)C2)cc1C. The van der Waals surface area contributed by atoms with Crippen molar-refractivity contribution in [1.82, 2.24) is 19.9 Å². The van der Waals surface area contributed by atoms with E-state index in [1.807, 2.05) is 6.92 Å². The molecule has 31 heavy (non-hydrogen) atoms. The molecule has 0 bridgehead atoms. The summed E-state index contributed by atoms with van der Waals surface area (Å²) in [4.78, 5) is 9.70. The average Bonchev–Trinajstić information content (AvgIpc) is 3.32. The number of hydrogen-bond acceptors (Lipinski definition) is 6. The third-order valence-corrected chi connectivity index (χ3v) is 6.75. The molecule has 2 fully saturated rings. The summed E-state index contributed by atoms with van der Waals surface area (Å²) in [6.07, 6.45) is 0. The summed E-state index contributed by atoms with van der Waals surface area (Å²) in [6.45, 7) is 10.1. The van der Waals surface area contributed by atoms with Gasteiger partial charge in [0.05, 0.1) is 13.0 Å². The van der Waals surface area contributed by atoms with Crippen molar-refractivity contribution in [3.8, 4) is 5.75 Å². The largest absolute Gasteiger partial charge is 0.496 e. The molecule has 0 aliphatic carbocycles. The monoisotopic (exact) mass is 418 g/mol. The molecule has 2 aliphatic heterocycles. The molecule has 1 spiro atoms. The van der Waals surface area contributed by atoms with Gasteiger partial charge in [-0.1, -0.05) is 47.6 Å². The molecule has 2 saturated heterocycles. The summed E-state index contributed by atoms with van der Waals surface area (Å²) < 4.78 is 11.1. The van der Waals surface area contributed by atoms with Crippen LogP contribution in [0.2, 0.25) is 0 Å². The topological polar surface area (TPSA) is 54.6 Å². The van der Waals surface area contributed by atoms with Crippen molar-refractivity contribution in [3.63, 3.8) is 0 Å². The minimum atomic E-state index is 0.176. The molecule has 6 nitrogen and oxygen atoms in total. The van der Waals surface area contributed by atoms with Gasteiger partial charge in [-0.3, -0.25) is 9.80 Å². The fraction of sp³-hybridized carbons (Fsp3) is 0.440. The summed E-state index contributed by atoms with van der Waals surface area (Å²) in [5.41, 5.74) is 4.04. The van der Waals surface area contributed by atoms with Gasteiger partial charge in [0, 0.05) is 44.7 Å². The highest BCUT2D eigenvalue weighted by atomic mass is 16.5. The molecule has 6 heteroatoms. The van der Waals surface area contributed by atoms with E-state index in [9.17, 15) is 0 Å². The normalized spacial score (nSPS) is 20.8. The van der Waals surface area contributed by atoms with Gasteiger partial charge in [0.1, 0.15) is 5.75 Å². The predicted molar refractivity (Wildman–Crippen MR) is 119 cm³/mol. The summed E-state index contributed by atoms with van der Waals surface area (Å²) in [6, 6.07) is 17.2. The summed E-state index contributed by atoms with van der Waals surface area (Å²) in [5, 5.41) is 4.08. The molecule has 0 N–H and O–H groups in total. The fourth-order valence-corrected chi connectivity index (χ4v) is 5.40. The predicted octanol–water partition coefficient (Wildman–Crippen LogP) is 3.80.